The summed E-state index contributed by atoms with van der Waals surface area (Å²) in [5, 5.41) is 9.96. The number of unbranched alkanes of at least 4 members (excludes halogenated alkanes) is 1. The number of hydrogen-bond donors (Lipinski definition) is 2. The van der Waals surface area contributed by atoms with Crippen LogP contribution in [0.5, 0.6) is 0 Å². The average molecular weight is 318 g/mol. The summed E-state index contributed by atoms with van der Waals surface area (Å²) in [6.45, 7) is 7.60. The Bertz CT molecular complexity index is 548. The van der Waals surface area contributed by atoms with Crippen molar-refractivity contribution in [3.05, 3.63) is 40.9 Å². The molecule has 3 nitrogen and oxygen atoms in total. The number of anilines is 2. The molecule has 1 aromatic carbocycles. The first-order valence-electron chi connectivity index (χ1n) is 8.27. The first-order chi connectivity index (χ1) is 10.7. The number of aromatic nitrogens is 1. The normalized spacial score (nSPS) is 12.3. The Morgan fingerprint density at radius 1 is 1.14 bits per heavy atom. The van der Waals surface area contributed by atoms with Crippen molar-refractivity contribution < 1.29 is 0 Å². The molecule has 2 aromatic rings. The van der Waals surface area contributed by atoms with E-state index in [-0.39, 0.29) is 0 Å². The Kier molecular flexibility index (Phi) is 6.87. The SMILES string of the molecule is CCCCc1ccc(Nc2nc(C(C)NCCC)cs2)cc1. The number of thiazole rings is 1. The average Bonchev–Trinajstić information content (AvgIpc) is 3.00. The second-order valence-electron chi connectivity index (χ2n) is 5.68. The zero-order chi connectivity index (χ0) is 15.8. The molecule has 0 radical (unpaired) electrons. The minimum absolute atomic E-state index is 0.308. The third-order valence-electron chi connectivity index (χ3n) is 3.69. The number of nitrogens with zero attached hydrogens (tertiary/aromatic N) is 1. The van der Waals surface area contributed by atoms with Crippen LogP contribution in [0.2, 0.25) is 0 Å². The van der Waals surface area contributed by atoms with Gasteiger partial charge in [0.15, 0.2) is 5.13 Å². The molecule has 22 heavy (non-hydrogen) atoms. The van der Waals surface area contributed by atoms with Gasteiger partial charge < -0.3 is 10.6 Å². The van der Waals surface area contributed by atoms with Gasteiger partial charge in [-0.05, 0) is 50.4 Å². The Hall–Kier alpha value is -1.39. The van der Waals surface area contributed by atoms with Gasteiger partial charge in [0.1, 0.15) is 0 Å². The van der Waals surface area contributed by atoms with Crippen LogP contribution in [0.15, 0.2) is 29.6 Å². The predicted octanol–water partition coefficient (Wildman–Crippen LogP) is 5.29. The highest BCUT2D eigenvalue weighted by molar-refractivity contribution is 7.13. The van der Waals surface area contributed by atoms with E-state index in [4.69, 9.17) is 0 Å². The fourth-order valence-corrected chi connectivity index (χ4v) is 3.09. The van der Waals surface area contributed by atoms with Crippen molar-refractivity contribution in [3.63, 3.8) is 0 Å². The summed E-state index contributed by atoms with van der Waals surface area (Å²) in [4.78, 5) is 4.68. The first kappa shape index (κ1) is 17.0. The van der Waals surface area contributed by atoms with E-state index in [0.29, 0.717) is 6.04 Å². The van der Waals surface area contributed by atoms with Crippen LogP contribution >= 0.6 is 11.3 Å². The van der Waals surface area contributed by atoms with Gasteiger partial charge in [0.2, 0.25) is 0 Å². The van der Waals surface area contributed by atoms with Gasteiger partial charge in [-0.3, -0.25) is 0 Å². The van der Waals surface area contributed by atoms with Gasteiger partial charge in [-0.25, -0.2) is 4.98 Å². The van der Waals surface area contributed by atoms with Gasteiger partial charge in [0.25, 0.3) is 0 Å². The number of nitrogens with one attached hydrogen (secondary N) is 2. The van der Waals surface area contributed by atoms with E-state index in [0.717, 1.165) is 29.5 Å². The van der Waals surface area contributed by atoms with Crippen LogP contribution in [0.25, 0.3) is 0 Å². The van der Waals surface area contributed by atoms with Crippen LogP contribution in [-0.4, -0.2) is 11.5 Å². The highest BCUT2D eigenvalue weighted by Gasteiger charge is 2.09. The fraction of sp³-hybridized carbons (Fsp3) is 0.500. The monoisotopic (exact) mass is 317 g/mol. The van der Waals surface area contributed by atoms with E-state index in [2.05, 4.69) is 66.0 Å². The maximum absolute atomic E-state index is 4.68. The Morgan fingerprint density at radius 3 is 2.59 bits per heavy atom. The van der Waals surface area contributed by atoms with Crippen molar-refractivity contribution in [2.75, 3.05) is 11.9 Å². The molecule has 0 aliphatic carbocycles. The fourth-order valence-electron chi connectivity index (χ4n) is 2.27. The molecule has 4 heteroatoms. The third kappa shape index (κ3) is 5.11. The maximum atomic E-state index is 4.68. The molecule has 0 spiro atoms. The lowest BCUT2D eigenvalue weighted by atomic mass is 10.1. The van der Waals surface area contributed by atoms with E-state index in [1.165, 1.54) is 24.8 Å². The van der Waals surface area contributed by atoms with E-state index in [1.54, 1.807) is 11.3 Å². The van der Waals surface area contributed by atoms with Gasteiger partial charge in [0.05, 0.1) is 5.69 Å². The predicted molar refractivity (Wildman–Crippen MR) is 97.2 cm³/mol. The van der Waals surface area contributed by atoms with Crippen molar-refractivity contribution in [2.24, 2.45) is 0 Å². The minimum atomic E-state index is 0.308. The zero-order valence-electron chi connectivity index (χ0n) is 13.9. The van der Waals surface area contributed by atoms with Gasteiger partial charge in [-0.1, -0.05) is 32.4 Å². The lowest BCUT2D eigenvalue weighted by Gasteiger charge is -2.09. The van der Waals surface area contributed by atoms with Crippen LogP contribution in [0.3, 0.4) is 0 Å². The van der Waals surface area contributed by atoms with Crippen molar-refractivity contribution >= 4 is 22.2 Å². The molecule has 0 saturated heterocycles. The van der Waals surface area contributed by atoms with Gasteiger partial charge in [-0.2, -0.15) is 0 Å². The van der Waals surface area contributed by atoms with Gasteiger partial charge in [0, 0.05) is 17.1 Å². The second-order valence-corrected chi connectivity index (χ2v) is 6.54. The van der Waals surface area contributed by atoms with Crippen molar-refractivity contribution in [3.8, 4) is 0 Å². The summed E-state index contributed by atoms with van der Waals surface area (Å²) in [7, 11) is 0. The Balaban J connectivity index is 1.92. The molecule has 1 heterocycles. The number of hydrogen-bond acceptors (Lipinski definition) is 4. The highest BCUT2D eigenvalue weighted by atomic mass is 32.1. The number of rotatable bonds is 9. The van der Waals surface area contributed by atoms with E-state index >= 15 is 0 Å². The molecule has 120 valence electrons. The standard InChI is InChI=1S/C18H27N3S/c1-4-6-7-15-8-10-16(11-9-15)20-18-21-17(13-22-18)14(3)19-12-5-2/h8-11,13-14,19H,4-7,12H2,1-3H3,(H,20,21). The minimum Gasteiger partial charge on any atom is -0.332 e. The van der Waals surface area contributed by atoms with Gasteiger partial charge >= 0.3 is 0 Å². The van der Waals surface area contributed by atoms with Crippen LogP contribution in [0, 0.1) is 0 Å². The summed E-state index contributed by atoms with van der Waals surface area (Å²) in [6, 6.07) is 9.01. The van der Waals surface area contributed by atoms with Crippen LogP contribution < -0.4 is 10.6 Å². The lowest BCUT2D eigenvalue weighted by molar-refractivity contribution is 0.561. The molecular weight excluding hydrogens is 290 g/mol. The van der Waals surface area contributed by atoms with Crippen LogP contribution in [0.1, 0.15) is 57.3 Å². The molecule has 2 rings (SSSR count). The molecule has 2 N–H and O–H groups in total. The molecule has 1 atom stereocenters. The second kappa shape index (κ2) is 8.91. The summed E-state index contributed by atoms with van der Waals surface area (Å²) < 4.78 is 0. The van der Waals surface area contributed by atoms with E-state index < -0.39 is 0 Å². The topological polar surface area (TPSA) is 37.0 Å². The van der Waals surface area contributed by atoms with Crippen LogP contribution in [0.4, 0.5) is 10.8 Å². The number of aryl methyl sites for hydroxylation is 1. The molecule has 0 bridgehead atoms. The molecule has 0 saturated carbocycles. The van der Waals surface area contributed by atoms with E-state index in [1.807, 2.05) is 0 Å². The third-order valence-corrected chi connectivity index (χ3v) is 4.47. The molecule has 0 fully saturated rings. The molecule has 0 aliphatic rings. The highest BCUT2D eigenvalue weighted by Crippen LogP contribution is 2.24. The molecular formula is C18H27N3S. The Labute approximate surface area is 138 Å². The summed E-state index contributed by atoms with van der Waals surface area (Å²) in [6.07, 6.45) is 4.81. The summed E-state index contributed by atoms with van der Waals surface area (Å²) >= 11 is 1.66. The quantitative estimate of drug-likeness (QED) is 0.660. The first-order valence-corrected chi connectivity index (χ1v) is 9.15. The summed E-state index contributed by atoms with van der Waals surface area (Å²) in [5.41, 5.74) is 3.63. The van der Waals surface area contributed by atoms with Crippen molar-refractivity contribution in [1.82, 2.24) is 10.3 Å². The molecule has 0 amide bonds. The molecule has 1 unspecified atom stereocenters. The largest absolute Gasteiger partial charge is 0.332 e. The smallest absolute Gasteiger partial charge is 0.187 e. The van der Waals surface area contributed by atoms with Crippen LogP contribution in [-0.2, 0) is 6.42 Å². The van der Waals surface area contributed by atoms with E-state index in [9.17, 15) is 0 Å². The lowest BCUT2D eigenvalue weighted by Crippen LogP contribution is -2.19. The van der Waals surface area contributed by atoms with Crippen molar-refractivity contribution in [2.45, 2.75) is 52.5 Å². The van der Waals surface area contributed by atoms with Gasteiger partial charge in [-0.15, -0.1) is 11.3 Å². The van der Waals surface area contributed by atoms with Crippen molar-refractivity contribution in [1.29, 1.82) is 0 Å². The molecule has 0 aliphatic heterocycles. The zero-order valence-corrected chi connectivity index (χ0v) is 14.7. The summed E-state index contributed by atoms with van der Waals surface area (Å²) in [5.74, 6) is 0. The Morgan fingerprint density at radius 2 is 1.91 bits per heavy atom. The maximum Gasteiger partial charge on any atom is 0.187 e. The molecule has 1 aromatic heterocycles. The number of benzene rings is 1.